The molecule has 3 nitrogen and oxygen atoms in total. The van der Waals surface area contributed by atoms with Crippen LogP contribution in [0.5, 0.6) is 5.88 Å². The third kappa shape index (κ3) is 3.28. The fourth-order valence-electron chi connectivity index (χ4n) is 2.59. The van der Waals surface area contributed by atoms with Crippen LogP contribution in [0.4, 0.5) is 5.69 Å². The molecule has 2 aromatic rings. The number of hydrogen-bond acceptors (Lipinski definition) is 3. The van der Waals surface area contributed by atoms with Crippen LogP contribution in [-0.4, -0.2) is 24.2 Å². The summed E-state index contributed by atoms with van der Waals surface area (Å²) in [6, 6.07) is 10.7. The maximum Gasteiger partial charge on any atom is 0.144 e. The molecule has 2 heterocycles. The first-order valence-corrected chi connectivity index (χ1v) is 8.19. The molecule has 0 aliphatic carbocycles. The number of ether oxygens (including phenoxy) is 1. The van der Waals surface area contributed by atoms with E-state index in [1.165, 1.54) is 5.69 Å². The Balaban J connectivity index is 1.73. The smallest absolute Gasteiger partial charge is 0.144 e. The van der Waals surface area contributed by atoms with Crippen molar-refractivity contribution in [3.05, 3.63) is 58.2 Å². The number of halogens is 2. The predicted molar refractivity (Wildman–Crippen MR) is 93.6 cm³/mol. The highest BCUT2D eigenvalue weighted by Crippen LogP contribution is 2.30. The van der Waals surface area contributed by atoms with Gasteiger partial charge in [0.15, 0.2) is 0 Å². The lowest BCUT2D eigenvalue weighted by molar-refractivity contribution is 0.216. The maximum absolute atomic E-state index is 6.07. The first kappa shape index (κ1) is 15.4. The zero-order chi connectivity index (χ0) is 15.5. The lowest BCUT2D eigenvalue weighted by Gasteiger charge is -2.22. The molecule has 1 aliphatic heterocycles. The van der Waals surface area contributed by atoms with Crippen LogP contribution < -0.4 is 9.64 Å². The van der Waals surface area contributed by atoms with Crippen LogP contribution in [0.2, 0.25) is 5.02 Å². The van der Waals surface area contributed by atoms with Gasteiger partial charge in [-0.2, -0.15) is 11.6 Å². The second kappa shape index (κ2) is 6.71. The molecule has 1 saturated heterocycles. The van der Waals surface area contributed by atoms with Gasteiger partial charge in [0.25, 0.3) is 0 Å². The summed E-state index contributed by atoms with van der Waals surface area (Å²) in [4.78, 5) is 6.44. The predicted octanol–water partition coefficient (Wildman–Crippen LogP) is 4.60. The van der Waals surface area contributed by atoms with Gasteiger partial charge in [-0.05, 0) is 23.8 Å². The van der Waals surface area contributed by atoms with E-state index in [-0.39, 0.29) is 6.10 Å². The van der Waals surface area contributed by atoms with Crippen LogP contribution in [0.25, 0.3) is 6.08 Å². The van der Waals surface area contributed by atoms with E-state index < -0.39 is 0 Å². The molecule has 1 aromatic carbocycles. The number of rotatable bonds is 4. The Morgan fingerprint density at radius 1 is 1.50 bits per heavy atom. The van der Waals surface area contributed by atoms with Crippen LogP contribution in [0.3, 0.4) is 0 Å². The summed E-state index contributed by atoms with van der Waals surface area (Å²) < 4.78 is 6.97. The van der Waals surface area contributed by atoms with Gasteiger partial charge < -0.3 is 9.64 Å². The highest BCUT2D eigenvalue weighted by molar-refractivity contribution is 9.10. The molecule has 22 heavy (non-hydrogen) atoms. The molecule has 0 N–H and O–H groups in total. The fraction of sp³-hybridized carbons (Fsp3) is 0.235. The fourth-order valence-corrected chi connectivity index (χ4v) is 3.13. The van der Waals surface area contributed by atoms with E-state index in [1.54, 1.807) is 12.3 Å². The van der Waals surface area contributed by atoms with Gasteiger partial charge in [-0.15, -0.1) is 0 Å². The molecule has 5 heteroatoms. The maximum atomic E-state index is 6.07. The number of anilines is 1. The average molecular weight is 379 g/mol. The molecule has 1 fully saturated rings. The summed E-state index contributed by atoms with van der Waals surface area (Å²) in [7, 11) is 0. The van der Waals surface area contributed by atoms with E-state index in [9.17, 15) is 0 Å². The van der Waals surface area contributed by atoms with Crippen molar-refractivity contribution in [3.8, 4) is 5.88 Å². The van der Waals surface area contributed by atoms with Gasteiger partial charge in [-0.3, -0.25) is 4.98 Å². The van der Waals surface area contributed by atoms with Gasteiger partial charge >= 0.3 is 0 Å². The Bertz CT molecular complexity index is 692. The molecule has 3 rings (SSSR count). The van der Waals surface area contributed by atoms with E-state index in [0.717, 1.165) is 29.5 Å². The molecule has 0 radical (unpaired) electrons. The standard InChI is InChI=1S/C17H15BrClN2O/c1-2-12-10-13(18)5-6-16(12)21-9-7-14(11-21)22-17-15(19)4-3-8-20-17/h2,4-6,8,10,14H,1,7,9,11H2/q-1/t14-/m0/s1. The van der Waals surface area contributed by atoms with Gasteiger partial charge in [-0.1, -0.05) is 39.8 Å². The van der Waals surface area contributed by atoms with Crippen molar-refractivity contribution in [2.24, 2.45) is 0 Å². The second-order valence-electron chi connectivity index (χ2n) is 5.10. The van der Waals surface area contributed by atoms with E-state index in [4.69, 9.17) is 16.3 Å². The summed E-state index contributed by atoms with van der Waals surface area (Å²) in [5.41, 5.74) is 2.28. The average Bonchev–Trinajstić information content (AvgIpc) is 2.98. The number of benzene rings is 1. The monoisotopic (exact) mass is 377 g/mol. The van der Waals surface area contributed by atoms with E-state index in [0.29, 0.717) is 10.9 Å². The molecule has 1 aliphatic rings. The molecule has 0 bridgehead atoms. The second-order valence-corrected chi connectivity index (χ2v) is 6.43. The topological polar surface area (TPSA) is 25.4 Å². The third-order valence-corrected chi connectivity index (χ3v) is 4.41. The molecule has 0 saturated carbocycles. The number of nitrogens with zero attached hydrogens (tertiary/aromatic N) is 2. The Kier molecular flexibility index (Phi) is 4.69. The highest BCUT2D eigenvalue weighted by atomic mass is 79.9. The van der Waals surface area contributed by atoms with E-state index in [1.807, 2.05) is 12.1 Å². The van der Waals surface area contributed by atoms with Crippen LogP contribution in [0.1, 0.15) is 12.0 Å². The lowest BCUT2D eigenvalue weighted by Crippen LogP contribution is -2.25. The molecule has 0 unspecified atom stereocenters. The Hall–Kier alpha value is -1.52. The summed E-state index contributed by atoms with van der Waals surface area (Å²) in [6.45, 7) is 5.63. The summed E-state index contributed by atoms with van der Waals surface area (Å²) in [5.74, 6) is 0.479. The molecule has 114 valence electrons. The van der Waals surface area contributed by atoms with Gasteiger partial charge in [0.05, 0.1) is 6.54 Å². The van der Waals surface area contributed by atoms with Crippen molar-refractivity contribution in [1.82, 2.24) is 4.98 Å². The quantitative estimate of drug-likeness (QED) is 0.727. The molecule has 1 atom stereocenters. The zero-order valence-electron chi connectivity index (χ0n) is 11.9. The molecule has 0 spiro atoms. The van der Waals surface area contributed by atoms with Crippen molar-refractivity contribution < 1.29 is 4.74 Å². The largest absolute Gasteiger partial charge is 0.487 e. The first-order chi connectivity index (χ1) is 10.7. The minimum absolute atomic E-state index is 0.0775. The summed E-state index contributed by atoms with van der Waals surface area (Å²) in [5, 5.41) is 0.497. The Morgan fingerprint density at radius 2 is 2.36 bits per heavy atom. The van der Waals surface area contributed by atoms with Gasteiger partial charge in [-0.25, -0.2) is 12.1 Å². The van der Waals surface area contributed by atoms with Gasteiger partial charge in [0, 0.05) is 23.1 Å². The Morgan fingerprint density at radius 3 is 3.14 bits per heavy atom. The highest BCUT2D eigenvalue weighted by Gasteiger charge is 2.25. The van der Waals surface area contributed by atoms with Crippen LogP contribution in [-0.2, 0) is 0 Å². The zero-order valence-corrected chi connectivity index (χ0v) is 14.3. The minimum atomic E-state index is 0.0775. The van der Waals surface area contributed by atoms with Crippen molar-refractivity contribution in [2.75, 3.05) is 18.0 Å². The minimum Gasteiger partial charge on any atom is -0.487 e. The summed E-state index contributed by atoms with van der Waals surface area (Å²) >= 11 is 9.56. The van der Waals surface area contributed by atoms with Gasteiger partial charge in [0.1, 0.15) is 12.0 Å². The molecular weight excluding hydrogens is 364 g/mol. The number of aromatic nitrogens is 1. The molecule has 1 aromatic heterocycles. The van der Waals surface area contributed by atoms with Crippen molar-refractivity contribution in [1.29, 1.82) is 0 Å². The van der Waals surface area contributed by atoms with Gasteiger partial charge in [0.2, 0.25) is 0 Å². The normalized spacial score (nSPS) is 17.5. The Labute approximate surface area is 143 Å². The lowest BCUT2D eigenvalue weighted by atomic mass is 10.1. The van der Waals surface area contributed by atoms with Crippen LogP contribution in [0, 0.1) is 6.07 Å². The van der Waals surface area contributed by atoms with Crippen LogP contribution >= 0.6 is 27.5 Å². The van der Waals surface area contributed by atoms with E-state index >= 15 is 0 Å². The van der Waals surface area contributed by atoms with Crippen LogP contribution in [0.15, 0.2) is 41.5 Å². The van der Waals surface area contributed by atoms with E-state index in [2.05, 4.69) is 50.6 Å². The first-order valence-electron chi connectivity index (χ1n) is 7.02. The molecule has 0 amide bonds. The van der Waals surface area contributed by atoms with Crippen molar-refractivity contribution in [3.63, 3.8) is 0 Å². The number of pyridine rings is 1. The SMILES string of the molecule is C=Cc1cc(Br)ccc1N1CC[C@H](Oc2nc[c-]cc2Cl)C1. The van der Waals surface area contributed by atoms with Crippen molar-refractivity contribution >= 4 is 39.3 Å². The van der Waals surface area contributed by atoms with Crippen molar-refractivity contribution in [2.45, 2.75) is 12.5 Å². The number of hydrogen-bond donors (Lipinski definition) is 0. The summed E-state index contributed by atoms with van der Waals surface area (Å²) in [6.07, 6.45) is 4.45. The third-order valence-electron chi connectivity index (χ3n) is 3.64. The molecular formula is C17H15BrClN2O-.